The predicted octanol–water partition coefficient (Wildman–Crippen LogP) is -22.7. The molecule has 870 valence electrons. The van der Waals surface area contributed by atoms with Crippen LogP contribution in [0, 0.1) is 0 Å². The van der Waals surface area contributed by atoms with Gasteiger partial charge in [-0.2, -0.15) is 0 Å². The molecule has 40 atom stereocenters. The Morgan fingerprint density at radius 3 is 0.587 bits per heavy atom. The second kappa shape index (κ2) is 66.5. The van der Waals surface area contributed by atoms with Crippen LogP contribution in [0.5, 0.6) is 0 Å². The van der Waals surface area contributed by atoms with Gasteiger partial charge in [-0.05, 0) is 0 Å². The van der Waals surface area contributed by atoms with E-state index in [0.717, 1.165) is 27.7 Å². The average Bonchev–Trinajstić information content (AvgIpc) is 0.789. The molecule has 0 aliphatic carbocycles. The second-order valence-corrected chi connectivity index (χ2v) is 35.9. The Labute approximate surface area is 858 Å². The molecule has 64 heteroatoms. The molecular weight excluding hydrogens is 2040 g/mol. The maximum atomic E-state index is 13.6. The van der Waals surface area contributed by atoms with Gasteiger partial charge in [-0.15, -0.1) is 0 Å². The van der Waals surface area contributed by atoms with Gasteiger partial charge in [-0.3, -0.25) is 48.2 Å². The van der Waals surface area contributed by atoms with Crippen LogP contribution in [0.4, 0.5) is 0 Å². The van der Waals surface area contributed by atoms with Gasteiger partial charge >= 0.3 is 0 Å². The molecule has 8 heterocycles. The minimum absolute atomic E-state index is 0.0577. The monoisotopic (exact) mass is 2190 g/mol. The molecule has 8 rings (SSSR count). The van der Waals surface area contributed by atoms with E-state index in [0.29, 0.717) is 0 Å². The van der Waals surface area contributed by atoms with Crippen molar-refractivity contribution in [1.82, 2.24) is 52.3 Å². The van der Waals surface area contributed by atoms with E-state index in [1.54, 1.807) is 0 Å². The molecule has 0 spiro atoms. The Morgan fingerprint density at radius 2 is 0.400 bits per heavy atom. The number of carbonyl (C=O) groups is 8. The minimum atomic E-state index is -1.91. The van der Waals surface area contributed by atoms with Crippen molar-refractivity contribution in [1.29, 1.82) is 0 Å². The summed E-state index contributed by atoms with van der Waals surface area (Å²) in [7, 11) is 0. The van der Waals surface area contributed by atoms with Crippen molar-refractivity contribution < 1.29 is 265 Å². The number of nitrogens with zero attached hydrogens (tertiary/aromatic N) is 2. The summed E-state index contributed by atoms with van der Waals surface area (Å²) in [4.78, 5) is 107. The molecular formula is C86H152N10O54. The van der Waals surface area contributed by atoms with E-state index < -0.39 is 372 Å². The Kier molecular flexibility index (Phi) is 57.2. The summed E-state index contributed by atoms with van der Waals surface area (Å²) < 4.78 is 126. The van der Waals surface area contributed by atoms with Gasteiger partial charge < -0.3 is 269 Å². The van der Waals surface area contributed by atoms with Crippen LogP contribution < -0.4 is 42.5 Å². The molecule has 64 nitrogen and oxygen atoms in total. The first kappa shape index (κ1) is 129. The van der Waals surface area contributed by atoms with E-state index >= 15 is 0 Å². The van der Waals surface area contributed by atoms with Gasteiger partial charge in [0, 0.05) is 67.0 Å². The SMILES string of the molecule is CC(=O)N[C@H]1[C@H](OCCOCCNC(=O)CN(CCOCCOCCN(CC(=O)NCCOCCO[C@@H]2O[C@H](CO)[C@@H](O[C@@H]3O[C@H](CO)[C@@H](O)[C@H](O)[C@H]3O)[C@H](O)[C@H]2NC(C)=O)CC(=O)NCCOCCO[C@@H]2O[C@H](CO)[C@@H](O[C@@H]3O[C@H](CO)[C@@H](O)[C@H](O)[C@H]3O)[C@H](O)[C@H]2NC(C)=O)CC(=O)NCCOCCO[C@@H]2O[C@H](CO)[C@@H](O[C@@H]3O[C@H](CO)[C@@H](O)[C@H](O)[C@H]3O)[C@H](O)[C@H]2NC(C)=O)O[C@H](CO)[C@@H](O[C@@H]2O[C@H](CO)[C@@H](O)[C@H](O)[C@H]2O)[C@@H]1O. The van der Waals surface area contributed by atoms with Crippen molar-refractivity contribution >= 4 is 47.3 Å². The van der Waals surface area contributed by atoms with Crippen molar-refractivity contribution in [2.75, 3.05) is 224 Å². The molecule has 8 saturated heterocycles. The van der Waals surface area contributed by atoms with Gasteiger partial charge in [0.15, 0.2) is 50.3 Å². The number of rotatable bonds is 65. The zero-order valence-corrected chi connectivity index (χ0v) is 83.0. The van der Waals surface area contributed by atoms with Crippen molar-refractivity contribution in [3.63, 3.8) is 0 Å². The third-order valence-electron chi connectivity index (χ3n) is 24.7. The predicted molar refractivity (Wildman–Crippen MR) is 486 cm³/mol. The van der Waals surface area contributed by atoms with Crippen LogP contribution >= 0.6 is 0 Å². The fourth-order valence-electron chi connectivity index (χ4n) is 16.9. The standard InChI is InChI=1S/C86H152N10O54/c1-39(105)91-55-63(117)75(147-83-71(125)67(121)59(113)43(31-97)139-83)47(35-101)143-79(55)135-23-19-129-11-5-87-51(109)27-95(28-52(110)88-6-12-130-20-24-136-80-56(92-40(2)106)64(118)76(48(36-102)144-80)148-84-72(126)68(122)60(114)44(32-98)140-84)9-15-133-17-18-134-16-10-96(29-53(111)89-7-13-131-21-25-137-81-57(93-41(3)107)65(119)77(49(37-103)145-81)149-85-73(127)69(123)61(115)45(33-99)141-85)30-54(112)90-8-14-132-22-26-138-82-58(94-42(4)108)66(120)78(50(38-104)146-82)150-86-74(128)70(124)62(116)46(34-100)142-86/h43-50,55-86,97-104,113-128H,5-38H2,1-4H3,(H,87,109)(H,88,110)(H,89,111)(H,90,112)(H,91,105)(H,92,106)(H,93,107)(H,94,108)/t43-,44-,45-,46-,47-,48-,49-,50-,55-,56-,57-,58-,59-,60-,61-,62-,63-,64-,65-,66-,67+,68+,69+,70+,71-,72-,73-,74-,75-,76-,77-,78-,79-,80-,81-,82-,83+,84+,85+,86+/m1/s1. The third kappa shape index (κ3) is 38.9. The van der Waals surface area contributed by atoms with Gasteiger partial charge in [-0.1, -0.05) is 0 Å². The molecule has 8 aliphatic rings. The minimum Gasteiger partial charge on any atom is -0.394 e. The van der Waals surface area contributed by atoms with E-state index in [1.807, 2.05) is 0 Å². The van der Waals surface area contributed by atoms with E-state index in [-0.39, 0.29) is 145 Å². The van der Waals surface area contributed by atoms with Crippen molar-refractivity contribution in [3.8, 4) is 0 Å². The maximum absolute atomic E-state index is 13.6. The number of hydrogen-bond acceptors (Lipinski definition) is 56. The number of hydrogen-bond donors (Lipinski definition) is 32. The molecule has 8 amide bonds. The molecule has 0 bridgehead atoms. The highest BCUT2D eigenvalue weighted by Crippen LogP contribution is 2.36. The normalized spacial score (nSPS) is 36.3. The second-order valence-electron chi connectivity index (χ2n) is 35.9. The molecule has 0 unspecified atom stereocenters. The summed E-state index contributed by atoms with van der Waals surface area (Å²) in [6.07, 6.45) is -59.4. The van der Waals surface area contributed by atoms with E-state index in [4.69, 9.17) is 104 Å². The van der Waals surface area contributed by atoms with Crippen LogP contribution in [0.15, 0.2) is 0 Å². The van der Waals surface area contributed by atoms with Gasteiger partial charge in [0.25, 0.3) is 0 Å². The zero-order valence-electron chi connectivity index (χ0n) is 83.0. The Bertz CT molecular complexity index is 3440. The summed E-state index contributed by atoms with van der Waals surface area (Å²) >= 11 is 0. The topological polar surface area (TPSA) is 928 Å². The van der Waals surface area contributed by atoms with Crippen LogP contribution in [-0.2, 0) is 143 Å². The summed E-state index contributed by atoms with van der Waals surface area (Å²) in [5.41, 5.74) is 0. The van der Waals surface area contributed by atoms with E-state index in [9.17, 15) is 161 Å². The molecule has 0 aromatic heterocycles. The van der Waals surface area contributed by atoms with Crippen LogP contribution in [0.1, 0.15) is 27.7 Å². The number of carbonyl (C=O) groups excluding carboxylic acids is 8. The molecule has 32 N–H and O–H groups in total. The summed E-state index contributed by atoms with van der Waals surface area (Å²) in [5.74, 6) is -5.06. The fourth-order valence-corrected chi connectivity index (χ4v) is 16.9. The molecule has 8 fully saturated rings. The fraction of sp³-hybridized carbons (Fsp3) is 0.907. The first-order valence-electron chi connectivity index (χ1n) is 48.8. The van der Waals surface area contributed by atoms with Gasteiger partial charge in [0.05, 0.1) is 185 Å². The van der Waals surface area contributed by atoms with Crippen LogP contribution in [0.25, 0.3) is 0 Å². The molecule has 0 aromatic carbocycles. The summed E-state index contributed by atoms with van der Waals surface area (Å²) in [6, 6.07) is -5.57. The lowest BCUT2D eigenvalue weighted by molar-refractivity contribution is -0.348. The van der Waals surface area contributed by atoms with Crippen LogP contribution in [-0.4, -0.2) is 649 Å². The van der Waals surface area contributed by atoms with Gasteiger partial charge in [0.2, 0.25) is 47.3 Å². The molecule has 0 radical (unpaired) electrons. The first-order chi connectivity index (χ1) is 71.7. The number of aliphatic hydroxyl groups is 24. The molecule has 0 aromatic rings. The van der Waals surface area contributed by atoms with Crippen molar-refractivity contribution in [3.05, 3.63) is 0 Å². The highest BCUT2D eigenvalue weighted by Gasteiger charge is 2.58. The maximum Gasteiger partial charge on any atom is 0.234 e. The summed E-state index contributed by atoms with van der Waals surface area (Å²) in [5, 5.41) is 271. The van der Waals surface area contributed by atoms with Crippen LogP contribution in [0.3, 0.4) is 0 Å². The number of aliphatic hydroxyl groups excluding tert-OH is 24. The lowest BCUT2D eigenvalue weighted by Crippen LogP contribution is -2.67. The zero-order chi connectivity index (χ0) is 110. The third-order valence-corrected chi connectivity index (χ3v) is 24.7. The quantitative estimate of drug-likeness (QED) is 0.0251. The largest absolute Gasteiger partial charge is 0.394 e. The van der Waals surface area contributed by atoms with Gasteiger partial charge in [0.1, 0.15) is 195 Å². The average molecular weight is 2190 g/mol. The van der Waals surface area contributed by atoms with Gasteiger partial charge in [-0.25, -0.2) is 0 Å². The first-order valence-corrected chi connectivity index (χ1v) is 48.8. The highest BCUT2D eigenvalue weighted by atomic mass is 16.8. The lowest BCUT2D eigenvalue weighted by Gasteiger charge is -2.47. The smallest absolute Gasteiger partial charge is 0.234 e. The number of ether oxygens (including phenoxy) is 22. The molecule has 0 saturated carbocycles. The highest BCUT2D eigenvalue weighted by molar-refractivity contribution is 5.82. The van der Waals surface area contributed by atoms with Crippen LogP contribution in [0.2, 0.25) is 0 Å². The molecule has 150 heavy (non-hydrogen) atoms. The van der Waals surface area contributed by atoms with E-state index in [1.165, 1.54) is 9.80 Å². The Hall–Kier alpha value is -6.16. The van der Waals surface area contributed by atoms with Crippen molar-refractivity contribution in [2.45, 2.75) is 273 Å². The molecule has 8 aliphatic heterocycles. The Balaban J connectivity index is 0.835. The lowest BCUT2D eigenvalue weighted by atomic mass is 9.95. The Morgan fingerprint density at radius 1 is 0.220 bits per heavy atom. The number of nitrogens with one attached hydrogen (secondary N) is 8. The number of amides is 8. The summed E-state index contributed by atoms with van der Waals surface area (Å²) in [6.45, 7) is -6.89. The van der Waals surface area contributed by atoms with Crippen molar-refractivity contribution in [2.24, 2.45) is 0 Å². The van der Waals surface area contributed by atoms with E-state index in [2.05, 4.69) is 42.5 Å².